The van der Waals surface area contributed by atoms with E-state index in [0.29, 0.717) is 6.54 Å². The van der Waals surface area contributed by atoms with Gasteiger partial charge in [-0.1, -0.05) is 0 Å². The first-order valence-electron chi connectivity index (χ1n) is 3.63. The lowest BCUT2D eigenvalue weighted by Crippen LogP contribution is -2.25. The van der Waals surface area contributed by atoms with E-state index in [2.05, 4.69) is 5.10 Å². The fourth-order valence-corrected chi connectivity index (χ4v) is 0.846. The van der Waals surface area contributed by atoms with Gasteiger partial charge in [-0.2, -0.15) is 10.4 Å². The highest BCUT2D eigenvalue weighted by molar-refractivity contribution is 4.79. The van der Waals surface area contributed by atoms with Gasteiger partial charge >= 0.3 is 5.69 Å². The van der Waals surface area contributed by atoms with Crippen LogP contribution in [0.2, 0.25) is 0 Å². The molecule has 0 aromatic carbocycles. The maximum atomic E-state index is 11.2. The summed E-state index contributed by atoms with van der Waals surface area (Å²) in [5.41, 5.74) is -0.183. The number of hydrogen-bond donors (Lipinski definition) is 0. The van der Waals surface area contributed by atoms with Crippen LogP contribution in [-0.4, -0.2) is 14.3 Å². The molecule has 1 unspecified atom stereocenters. The molecule has 0 aliphatic carbocycles. The molecule has 1 aromatic heterocycles. The SMILES string of the molecule is CC(C#N)Cn1ncn(C)c1=O. The molecule has 1 aromatic rings. The summed E-state index contributed by atoms with van der Waals surface area (Å²) in [6, 6.07) is 2.04. The lowest BCUT2D eigenvalue weighted by Gasteiger charge is -1.98. The summed E-state index contributed by atoms with van der Waals surface area (Å²) in [7, 11) is 1.63. The van der Waals surface area contributed by atoms with E-state index in [9.17, 15) is 4.79 Å². The molecule has 0 saturated heterocycles. The molecule has 0 fully saturated rings. The van der Waals surface area contributed by atoms with E-state index in [0.717, 1.165) is 0 Å². The van der Waals surface area contributed by atoms with Crippen LogP contribution in [-0.2, 0) is 13.6 Å². The molecule has 0 bridgehead atoms. The van der Waals surface area contributed by atoms with E-state index < -0.39 is 0 Å². The number of aromatic nitrogens is 3. The van der Waals surface area contributed by atoms with Gasteiger partial charge in [-0.15, -0.1) is 0 Å². The first-order chi connectivity index (χ1) is 5.65. The van der Waals surface area contributed by atoms with Gasteiger partial charge in [0.1, 0.15) is 6.33 Å². The summed E-state index contributed by atoms with van der Waals surface area (Å²) in [5.74, 6) is -0.183. The van der Waals surface area contributed by atoms with Gasteiger partial charge in [-0.3, -0.25) is 4.57 Å². The third-order valence-electron chi connectivity index (χ3n) is 1.55. The summed E-state index contributed by atoms with van der Waals surface area (Å²) in [6.45, 7) is 2.11. The van der Waals surface area contributed by atoms with Gasteiger partial charge in [0.2, 0.25) is 0 Å². The molecule has 12 heavy (non-hydrogen) atoms. The normalized spacial score (nSPS) is 12.4. The molecule has 0 N–H and O–H groups in total. The van der Waals surface area contributed by atoms with Crippen molar-refractivity contribution in [1.29, 1.82) is 5.26 Å². The molecule has 5 heteroatoms. The van der Waals surface area contributed by atoms with Crippen LogP contribution >= 0.6 is 0 Å². The lowest BCUT2D eigenvalue weighted by molar-refractivity contribution is 0.509. The number of nitriles is 1. The lowest BCUT2D eigenvalue weighted by atomic mass is 10.2. The minimum Gasteiger partial charge on any atom is -0.285 e. The zero-order valence-corrected chi connectivity index (χ0v) is 7.06. The predicted molar refractivity (Wildman–Crippen MR) is 42.2 cm³/mol. The van der Waals surface area contributed by atoms with E-state index in [1.54, 1.807) is 14.0 Å². The Bertz CT molecular complexity index is 356. The Morgan fingerprint density at radius 3 is 2.92 bits per heavy atom. The van der Waals surface area contributed by atoms with E-state index in [4.69, 9.17) is 5.26 Å². The molecule has 1 rings (SSSR count). The zero-order chi connectivity index (χ0) is 9.14. The monoisotopic (exact) mass is 166 g/mol. The molecule has 1 heterocycles. The van der Waals surface area contributed by atoms with Crippen molar-refractivity contribution in [2.24, 2.45) is 13.0 Å². The van der Waals surface area contributed by atoms with Crippen molar-refractivity contribution in [2.75, 3.05) is 0 Å². The average molecular weight is 166 g/mol. The third kappa shape index (κ3) is 1.53. The standard InChI is InChI=1S/C7H10N4O/c1-6(3-8)4-11-7(12)10(2)5-9-11/h5-6H,4H2,1-2H3. The van der Waals surface area contributed by atoms with Crippen LogP contribution in [0, 0.1) is 17.2 Å². The summed E-state index contributed by atoms with van der Waals surface area (Å²) >= 11 is 0. The Morgan fingerprint density at radius 2 is 2.50 bits per heavy atom. The fourth-order valence-electron chi connectivity index (χ4n) is 0.846. The van der Waals surface area contributed by atoms with Gasteiger partial charge in [0.25, 0.3) is 0 Å². The van der Waals surface area contributed by atoms with Gasteiger partial charge in [-0.05, 0) is 6.92 Å². The largest absolute Gasteiger partial charge is 0.345 e. The highest BCUT2D eigenvalue weighted by Crippen LogP contribution is 1.93. The Balaban J connectivity index is 2.85. The second-order valence-corrected chi connectivity index (χ2v) is 2.74. The van der Waals surface area contributed by atoms with Gasteiger partial charge in [-0.25, -0.2) is 9.48 Å². The first kappa shape index (κ1) is 8.53. The van der Waals surface area contributed by atoms with Gasteiger partial charge < -0.3 is 0 Å². The molecule has 0 amide bonds. The Hall–Kier alpha value is -1.57. The second-order valence-electron chi connectivity index (χ2n) is 2.74. The summed E-state index contributed by atoms with van der Waals surface area (Å²) in [5, 5.41) is 12.3. The topological polar surface area (TPSA) is 63.6 Å². The summed E-state index contributed by atoms with van der Waals surface area (Å²) in [6.07, 6.45) is 1.44. The van der Waals surface area contributed by atoms with Crippen LogP contribution < -0.4 is 5.69 Å². The van der Waals surface area contributed by atoms with Crippen molar-refractivity contribution in [2.45, 2.75) is 13.5 Å². The summed E-state index contributed by atoms with van der Waals surface area (Å²) < 4.78 is 2.66. The van der Waals surface area contributed by atoms with Crippen molar-refractivity contribution >= 4 is 0 Å². The average Bonchev–Trinajstić information content (AvgIpc) is 2.36. The zero-order valence-electron chi connectivity index (χ0n) is 7.06. The van der Waals surface area contributed by atoms with E-state index in [1.807, 2.05) is 6.07 Å². The number of aryl methyl sites for hydroxylation is 1. The maximum Gasteiger partial charge on any atom is 0.345 e. The van der Waals surface area contributed by atoms with Crippen molar-refractivity contribution in [1.82, 2.24) is 14.3 Å². The number of hydrogen-bond acceptors (Lipinski definition) is 3. The fraction of sp³-hybridized carbons (Fsp3) is 0.571. The Morgan fingerprint density at radius 1 is 1.83 bits per heavy atom. The molecule has 0 saturated carbocycles. The van der Waals surface area contributed by atoms with Crippen molar-refractivity contribution < 1.29 is 0 Å². The van der Waals surface area contributed by atoms with Crippen molar-refractivity contribution in [3.05, 3.63) is 16.8 Å². The Labute approximate surface area is 69.8 Å². The van der Waals surface area contributed by atoms with Crippen LogP contribution in [0.1, 0.15) is 6.92 Å². The van der Waals surface area contributed by atoms with Crippen LogP contribution in [0.5, 0.6) is 0 Å². The molecular formula is C7H10N4O. The third-order valence-corrected chi connectivity index (χ3v) is 1.55. The van der Waals surface area contributed by atoms with Crippen LogP contribution in [0.25, 0.3) is 0 Å². The minimum atomic E-state index is -0.183. The molecule has 64 valence electrons. The molecule has 0 spiro atoms. The molecule has 1 atom stereocenters. The highest BCUT2D eigenvalue weighted by atomic mass is 16.2. The van der Waals surface area contributed by atoms with Crippen LogP contribution in [0.4, 0.5) is 0 Å². The number of nitrogens with zero attached hydrogens (tertiary/aromatic N) is 4. The number of rotatable bonds is 2. The molecule has 0 aliphatic heterocycles. The van der Waals surface area contributed by atoms with Gasteiger partial charge in [0, 0.05) is 7.05 Å². The molecule has 0 aliphatic rings. The molecular weight excluding hydrogens is 156 g/mol. The van der Waals surface area contributed by atoms with Crippen molar-refractivity contribution in [3.8, 4) is 6.07 Å². The van der Waals surface area contributed by atoms with Gasteiger partial charge in [0.05, 0.1) is 18.5 Å². The van der Waals surface area contributed by atoms with Gasteiger partial charge in [0.15, 0.2) is 0 Å². The maximum absolute atomic E-state index is 11.2. The van der Waals surface area contributed by atoms with E-state index in [-0.39, 0.29) is 11.6 Å². The molecule has 0 radical (unpaired) electrons. The minimum absolute atomic E-state index is 0.183. The summed E-state index contributed by atoms with van der Waals surface area (Å²) in [4.78, 5) is 11.2. The Kier molecular flexibility index (Phi) is 2.29. The van der Waals surface area contributed by atoms with E-state index >= 15 is 0 Å². The van der Waals surface area contributed by atoms with Crippen molar-refractivity contribution in [3.63, 3.8) is 0 Å². The van der Waals surface area contributed by atoms with Crippen LogP contribution in [0.3, 0.4) is 0 Å². The smallest absolute Gasteiger partial charge is 0.285 e. The predicted octanol–water partition coefficient (Wildman–Crippen LogP) is -0.259. The quantitative estimate of drug-likeness (QED) is 0.608. The highest BCUT2D eigenvalue weighted by Gasteiger charge is 2.05. The molecule has 5 nitrogen and oxygen atoms in total. The van der Waals surface area contributed by atoms with Crippen LogP contribution in [0.15, 0.2) is 11.1 Å². The second kappa shape index (κ2) is 3.22. The first-order valence-corrected chi connectivity index (χ1v) is 3.63. The van der Waals surface area contributed by atoms with E-state index in [1.165, 1.54) is 15.6 Å².